The summed E-state index contributed by atoms with van der Waals surface area (Å²) in [7, 11) is 1.87. The molecule has 3 rings (SSSR count). The van der Waals surface area contributed by atoms with Gasteiger partial charge in [0.05, 0.1) is 0 Å². The van der Waals surface area contributed by atoms with Crippen molar-refractivity contribution in [1.82, 2.24) is 15.5 Å². The first-order valence-electron chi connectivity index (χ1n) is 8.62. The van der Waals surface area contributed by atoms with E-state index >= 15 is 0 Å². The zero-order chi connectivity index (χ0) is 15.6. The zero-order valence-corrected chi connectivity index (χ0v) is 13.5. The number of piperidine rings is 1. The van der Waals surface area contributed by atoms with E-state index in [-0.39, 0.29) is 17.4 Å². The highest BCUT2D eigenvalue weighted by molar-refractivity contribution is 5.80. The standard InChI is InChI=1S/C17H27N3O2/c1-20-14-8-4-5-10-17(14,11-9-15(20)21)12-18-16(22)19-13-6-2-3-7-13/h8,13H,2-7,9-12H2,1H3,(H2,18,19,22). The molecule has 122 valence electrons. The lowest BCUT2D eigenvalue weighted by atomic mass is 9.70. The maximum absolute atomic E-state index is 12.1. The fraction of sp³-hybridized carbons (Fsp3) is 0.765. The third kappa shape index (κ3) is 2.99. The molecule has 1 aliphatic heterocycles. The van der Waals surface area contributed by atoms with Gasteiger partial charge in [-0.25, -0.2) is 4.79 Å². The number of nitrogens with zero attached hydrogens (tertiary/aromatic N) is 1. The molecular formula is C17H27N3O2. The van der Waals surface area contributed by atoms with E-state index in [0.29, 0.717) is 19.0 Å². The first-order chi connectivity index (χ1) is 10.6. The summed E-state index contributed by atoms with van der Waals surface area (Å²) in [5.74, 6) is 0.194. The number of hydrogen-bond donors (Lipinski definition) is 2. The van der Waals surface area contributed by atoms with E-state index in [9.17, 15) is 9.59 Å². The molecule has 2 aliphatic carbocycles. The van der Waals surface area contributed by atoms with Gasteiger partial charge in [-0.15, -0.1) is 0 Å². The molecule has 0 spiro atoms. The predicted molar refractivity (Wildman–Crippen MR) is 85.2 cm³/mol. The van der Waals surface area contributed by atoms with Crippen LogP contribution in [0.3, 0.4) is 0 Å². The molecule has 2 fully saturated rings. The van der Waals surface area contributed by atoms with Crippen LogP contribution in [0.1, 0.15) is 57.8 Å². The second-order valence-corrected chi connectivity index (χ2v) is 7.02. The summed E-state index contributed by atoms with van der Waals surface area (Å²) in [6, 6.07) is 0.292. The predicted octanol–water partition coefficient (Wildman–Crippen LogP) is 2.53. The first-order valence-corrected chi connectivity index (χ1v) is 8.62. The molecule has 2 N–H and O–H groups in total. The molecule has 1 atom stereocenters. The van der Waals surface area contributed by atoms with Crippen molar-refractivity contribution in [1.29, 1.82) is 0 Å². The summed E-state index contributed by atoms with van der Waals surface area (Å²) in [6.45, 7) is 0.634. The van der Waals surface area contributed by atoms with Crippen LogP contribution in [0.15, 0.2) is 11.8 Å². The lowest BCUT2D eigenvalue weighted by molar-refractivity contribution is -0.132. The largest absolute Gasteiger partial charge is 0.337 e. The fourth-order valence-electron chi connectivity index (χ4n) is 4.24. The molecule has 1 saturated heterocycles. The van der Waals surface area contributed by atoms with Crippen molar-refractivity contribution in [3.05, 3.63) is 11.8 Å². The van der Waals surface area contributed by atoms with Gasteiger partial charge in [-0.05, 0) is 38.5 Å². The fourth-order valence-corrected chi connectivity index (χ4v) is 4.24. The van der Waals surface area contributed by atoms with E-state index < -0.39 is 0 Å². The molecule has 3 amide bonds. The Hall–Kier alpha value is -1.52. The highest BCUT2D eigenvalue weighted by Crippen LogP contribution is 2.45. The van der Waals surface area contributed by atoms with Crippen molar-refractivity contribution in [3.8, 4) is 0 Å². The Bertz CT molecular complexity index is 482. The molecule has 0 radical (unpaired) electrons. The highest BCUT2D eigenvalue weighted by Gasteiger charge is 2.43. The minimum atomic E-state index is -0.0502. The van der Waals surface area contributed by atoms with Crippen molar-refractivity contribution in [2.75, 3.05) is 13.6 Å². The van der Waals surface area contributed by atoms with Crippen LogP contribution in [-0.4, -0.2) is 36.5 Å². The molecule has 1 unspecified atom stereocenters. The molecule has 5 nitrogen and oxygen atoms in total. The molecular weight excluding hydrogens is 278 g/mol. The molecule has 0 aromatic rings. The maximum Gasteiger partial charge on any atom is 0.315 e. The number of carbonyl (C=O) groups is 2. The summed E-state index contributed by atoms with van der Waals surface area (Å²) in [5, 5.41) is 6.16. The second-order valence-electron chi connectivity index (χ2n) is 7.02. The number of nitrogens with one attached hydrogen (secondary N) is 2. The minimum absolute atomic E-state index is 0.0477. The minimum Gasteiger partial charge on any atom is -0.337 e. The Morgan fingerprint density at radius 2 is 2.09 bits per heavy atom. The number of fused-ring (bicyclic) bond motifs is 1. The van der Waals surface area contributed by atoms with Crippen molar-refractivity contribution in [3.63, 3.8) is 0 Å². The van der Waals surface area contributed by atoms with E-state index in [4.69, 9.17) is 0 Å². The Labute approximate surface area is 132 Å². The van der Waals surface area contributed by atoms with Gasteiger partial charge >= 0.3 is 6.03 Å². The van der Waals surface area contributed by atoms with E-state index in [2.05, 4.69) is 16.7 Å². The smallest absolute Gasteiger partial charge is 0.315 e. The Balaban J connectivity index is 1.61. The molecule has 5 heteroatoms. The molecule has 3 aliphatic rings. The van der Waals surface area contributed by atoms with Crippen LogP contribution in [0.2, 0.25) is 0 Å². The van der Waals surface area contributed by atoms with E-state index in [1.54, 1.807) is 4.90 Å². The van der Waals surface area contributed by atoms with Crippen molar-refractivity contribution in [2.24, 2.45) is 5.41 Å². The first kappa shape index (κ1) is 15.4. The Morgan fingerprint density at radius 3 is 2.86 bits per heavy atom. The van der Waals surface area contributed by atoms with Crippen molar-refractivity contribution >= 4 is 11.9 Å². The lowest BCUT2D eigenvalue weighted by Crippen LogP contribution is -2.51. The van der Waals surface area contributed by atoms with Gasteiger partial charge in [-0.3, -0.25) is 4.79 Å². The third-order valence-electron chi connectivity index (χ3n) is 5.57. The topological polar surface area (TPSA) is 61.4 Å². The lowest BCUT2D eigenvalue weighted by Gasteiger charge is -2.46. The average Bonchev–Trinajstić information content (AvgIpc) is 3.02. The summed E-state index contributed by atoms with van der Waals surface area (Å²) < 4.78 is 0. The summed E-state index contributed by atoms with van der Waals surface area (Å²) >= 11 is 0. The molecule has 22 heavy (non-hydrogen) atoms. The normalized spacial score (nSPS) is 29.0. The maximum atomic E-state index is 12.1. The number of likely N-dealkylation sites (tertiary alicyclic amines) is 1. The SMILES string of the molecule is CN1C(=O)CCC2(CNC(=O)NC3CCCC3)CCCC=C12. The Kier molecular flexibility index (Phi) is 4.41. The monoisotopic (exact) mass is 305 g/mol. The third-order valence-corrected chi connectivity index (χ3v) is 5.57. The number of rotatable bonds is 3. The average molecular weight is 305 g/mol. The number of allylic oxidation sites excluding steroid dienone is 1. The molecule has 1 heterocycles. The number of amides is 3. The van der Waals surface area contributed by atoms with Gasteiger partial charge in [0.25, 0.3) is 0 Å². The van der Waals surface area contributed by atoms with E-state index in [0.717, 1.165) is 44.2 Å². The Morgan fingerprint density at radius 1 is 1.32 bits per heavy atom. The van der Waals surface area contributed by atoms with Crippen LogP contribution in [0.25, 0.3) is 0 Å². The summed E-state index contributed by atoms with van der Waals surface area (Å²) in [5.41, 5.74) is 1.07. The second kappa shape index (κ2) is 6.31. The molecule has 0 aromatic carbocycles. The van der Waals surface area contributed by atoms with E-state index in [1.165, 1.54) is 12.8 Å². The van der Waals surface area contributed by atoms with Crippen LogP contribution in [-0.2, 0) is 4.79 Å². The molecule has 0 aromatic heterocycles. The quantitative estimate of drug-likeness (QED) is 0.841. The van der Waals surface area contributed by atoms with E-state index in [1.807, 2.05) is 7.05 Å². The molecule has 0 bridgehead atoms. The van der Waals surface area contributed by atoms with Crippen LogP contribution in [0.5, 0.6) is 0 Å². The summed E-state index contributed by atoms with van der Waals surface area (Å²) in [4.78, 5) is 25.9. The van der Waals surface area contributed by atoms with Crippen LogP contribution in [0.4, 0.5) is 4.79 Å². The molecule has 1 saturated carbocycles. The summed E-state index contributed by atoms with van der Waals surface area (Å²) in [6.07, 6.45) is 11.5. The number of hydrogen-bond acceptors (Lipinski definition) is 2. The number of urea groups is 1. The van der Waals surface area contributed by atoms with Crippen LogP contribution >= 0.6 is 0 Å². The number of carbonyl (C=O) groups excluding carboxylic acids is 2. The van der Waals surface area contributed by atoms with Gasteiger partial charge in [-0.1, -0.05) is 18.9 Å². The van der Waals surface area contributed by atoms with Gasteiger partial charge in [0.2, 0.25) is 5.91 Å². The highest BCUT2D eigenvalue weighted by atomic mass is 16.2. The van der Waals surface area contributed by atoms with Gasteiger partial charge in [0, 0.05) is 37.2 Å². The van der Waals surface area contributed by atoms with Crippen molar-refractivity contribution < 1.29 is 9.59 Å². The van der Waals surface area contributed by atoms with Gasteiger partial charge in [0.1, 0.15) is 0 Å². The van der Waals surface area contributed by atoms with Crippen molar-refractivity contribution in [2.45, 2.75) is 63.8 Å². The van der Waals surface area contributed by atoms with Crippen LogP contribution < -0.4 is 10.6 Å². The van der Waals surface area contributed by atoms with Crippen LogP contribution in [0, 0.1) is 5.41 Å². The van der Waals surface area contributed by atoms with Gasteiger partial charge < -0.3 is 15.5 Å². The van der Waals surface area contributed by atoms with Gasteiger partial charge in [0.15, 0.2) is 0 Å². The van der Waals surface area contributed by atoms with Gasteiger partial charge in [-0.2, -0.15) is 0 Å². The zero-order valence-electron chi connectivity index (χ0n) is 13.5.